The molecule has 1 aromatic heterocycles. The maximum atomic E-state index is 12.7. The average Bonchev–Trinajstić information content (AvgIpc) is 2.91. The van der Waals surface area contributed by atoms with Crippen LogP contribution in [0.25, 0.3) is 11.3 Å². The minimum atomic E-state index is -0.251. The smallest absolute Gasteiger partial charge is 0.257 e. The molecule has 1 saturated carbocycles. The van der Waals surface area contributed by atoms with E-state index in [-0.39, 0.29) is 18.1 Å². The molecule has 1 aromatic carbocycles. The Balaban J connectivity index is 1.84. The zero-order valence-corrected chi connectivity index (χ0v) is 13.6. The zero-order valence-electron chi connectivity index (χ0n) is 12.9. The van der Waals surface area contributed by atoms with Crippen LogP contribution < -0.4 is 5.32 Å². The zero-order chi connectivity index (χ0) is 16.4. The van der Waals surface area contributed by atoms with Gasteiger partial charge in [-0.2, -0.15) is 0 Å². The summed E-state index contributed by atoms with van der Waals surface area (Å²) in [6.07, 6.45) is 2.73. The van der Waals surface area contributed by atoms with E-state index in [4.69, 9.17) is 16.1 Å². The minimum absolute atomic E-state index is 0.0688. The first kappa shape index (κ1) is 16.0. The number of benzene rings is 1. The maximum absolute atomic E-state index is 12.7. The molecule has 0 aliphatic heterocycles. The predicted octanol–water partition coefficient (Wildman–Crippen LogP) is 3.34. The van der Waals surface area contributed by atoms with Gasteiger partial charge in [0.25, 0.3) is 5.91 Å². The number of aliphatic hydroxyl groups is 1. The lowest BCUT2D eigenvalue weighted by molar-refractivity contribution is 0.0866. The summed E-state index contributed by atoms with van der Waals surface area (Å²) in [5.74, 6) is 0.258. The molecule has 1 aliphatic rings. The van der Waals surface area contributed by atoms with Crippen molar-refractivity contribution in [3.05, 3.63) is 40.6 Å². The van der Waals surface area contributed by atoms with Crippen LogP contribution in [0.1, 0.15) is 41.8 Å². The summed E-state index contributed by atoms with van der Waals surface area (Å²) in [7, 11) is 0. The Kier molecular flexibility index (Phi) is 4.68. The number of rotatable bonds is 3. The SMILES string of the molecule is Cc1onc(-c2ccccc2Cl)c1C(=O)NC1CCC(O)CC1. The Morgan fingerprint density at radius 2 is 2.00 bits per heavy atom. The topological polar surface area (TPSA) is 75.4 Å². The van der Waals surface area contributed by atoms with Crippen LogP contribution in [0.2, 0.25) is 5.02 Å². The summed E-state index contributed by atoms with van der Waals surface area (Å²) in [6, 6.07) is 7.30. The molecule has 1 amide bonds. The predicted molar refractivity (Wildman–Crippen MR) is 87.4 cm³/mol. The van der Waals surface area contributed by atoms with Crippen LogP contribution in [0.15, 0.2) is 28.8 Å². The lowest BCUT2D eigenvalue weighted by atomic mass is 9.93. The number of aryl methyl sites for hydroxylation is 1. The van der Waals surface area contributed by atoms with Gasteiger partial charge in [0.15, 0.2) is 0 Å². The molecule has 0 unspecified atom stereocenters. The van der Waals surface area contributed by atoms with Gasteiger partial charge in [0, 0.05) is 11.6 Å². The van der Waals surface area contributed by atoms with E-state index in [1.165, 1.54) is 0 Å². The Morgan fingerprint density at radius 3 is 2.70 bits per heavy atom. The molecule has 122 valence electrons. The highest BCUT2D eigenvalue weighted by Gasteiger charge is 2.26. The van der Waals surface area contributed by atoms with Crippen molar-refractivity contribution in [2.24, 2.45) is 0 Å². The van der Waals surface area contributed by atoms with E-state index in [0.29, 0.717) is 40.4 Å². The van der Waals surface area contributed by atoms with Gasteiger partial charge in [-0.15, -0.1) is 0 Å². The van der Waals surface area contributed by atoms with Crippen LogP contribution in [0.4, 0.5) is 0 Å². The van der Waals surface area contributed by atoms with Gasteiger partial charge in [0.2, 0.25) is 0 Å². The third-order valence-corrected chi connectivity index (χ3v) is 4.58. The first-order chi connectivity index (χ1) is 11.1. The Bertz CT molecular complexity index is 706. The number of hydrogen-bond acceptors (Lipinski definition) is 4. The summed E-state index contributed by atoms with van der Waals surface area (Å²) < 4.78 is 5.22. The summed E-state index contributed by atoms with van der Waals surface area (Å²) in [6.45, 7) is 1.72. The van der Waals surface area contributed by atoms with Crippen molar-refractivity contribution in [3.63, 3.8) is 0 Å². The number of aromatic nitrogens is 1. The van der Waals surface area contributed by atoms with Gasteiger partial charge >= 0.3 is 0 Å². The molecule has 1 heterocycles. The normalized spacial score (nSPS) is 21.2. The van der Waals surface area contributed by atoms with Crippen molar-refractivity contribution in [1.29, 1.82) is 0 Å². The van der Waals surface area contributed by atoms with Crippen molar-refractivity contribution in [1.82, 2.24) is 10.5 Å². The fraction of sp³-hybridized carbons (Fsp3) is 0.412. The largest absolute Gasteiger partial charge is 0.393 e. The Labute approximate surface area is 139 Å². The first-order valence-corrected chi connectivity index (χ1v) is 8.14. The van der Waals surface area contributed by atoms with E-state index >= 15 is 0 Å². The van der Waals surface area contributed by atoms with Crippen molar-refractivity contribution < 1.29 is 14.4 Å². The van der Waals surface area contributed by atoms with E-state index in [9.17, 15) is 9.90 Å². The number of nitrogens with zero attached hydrogens (tertiary/aromatic N) is 1. The fourth-order valence-corrected chi connectivity index (χ4v) is 3.18. The molecule has 6 heteroatoms. The summed E-state index contributed by atoms with van der Waals surface area (Å²) in [5.41, 5.74) is 1.56. The Morgan fingerprint density at radius 1 is 1.30 bits per heavy atom. The molecule has 0 bridgehead atoms. The number of carbonyl (C=O) groups excluding carboxylic acids is 1. The molecule has 0 spiro atoms. The lowest BCUT2D eigenvalue weighted by Crippen LogP contribution is -2.38. The summed E-state index contributed by atoms with van der Waals surface area (Å²) >= 11 is 6.21. The number of hydrogen-bond donors (Lipinski definition) is 2. The van der Waals surface area contributed by atoms with Crippen LogP contribution >= 0.6 is 11.6 Å². The van der Waals surface area contributed by atoms with Gasteiger partial charge in [-0.25, -0.2) is 0 Å². The van der Waals surface area contributed by atoms with Crippen LogP contribution in [-0.2, 0) is 0 Å². The van der Waals surface area contributed by atoms with Crippen LogP contribution in [0, 0.1) is 6.92 Å². The molecule has 0 radical (unpaired) electrons. The van der Waals surface area contributed by atoms with E-state index in [2.05, 4.69) is 10.5 Å². The molecule has 3 rings (SSSR count). The average molecular weight is 335 g/mol. The van der Waals surface area contributed by atoms with Crippen LogP contribution in [-0.4, -0.2) is 28.3 Å². The van der Waals surface area contributed by atoms with E-state index in [1.54, 1.807) is 13.0 Å². The summed E-state index contributed by atoms with van der Waals surface area (Å²) in [5, 5.41) is 17.1. The van der Waals surface area contributed by atoms with Gasteiger partial charge in [0.1, 0.15) is 17.0 Å². The molecule has 2 N–H and O–H groups in total. The monoisotopic (exact) mass is 334 g/mol. The molecular formula is C17H19ClN2O3. The molecular weight excluding hydrogens is 316 g/mol. The van der Waals surface area contributed by atoms with Crippen molar-refractivity contribution in [2.45, 2.75) is 44.8 Å². The second-order valence-corrected chi connectivity index (χ2v) is 6.33. The standard InChI is InChI=1S/C17H19ClN2O3/c1-10-15(17(22)19-11-6-8-12(21)9-7-11)16(20-23-10)13-4-2-3-5-14(13)18/h2-5,11-12,21H,6-9H2,1H3,(H,19,22). The van der Waals surface area contributed by atoms with Gasteiger partial charge in [0.05, 0.1) is 11.1 Å². The number of nitrogens with one attached hydrogen (secondary N) is 1. The third-order valence-electron chi connectivity index (χ3n) is 4.25. The second-order valence-electron chi connectivity index (χ2n) is 5.92. The summed E-state index contributed by atoms with van der Waals surface area (Å²) in [4.78, 5) is 12.7. The second kappa shape index (κ2) is 6.72. The highest BCUT2D eigenvalue weighted by Crippen LogP contribution is 2.31. The van der Waals surface area contributed by atoms with Crippen LogP contribution in [0.5, 0.6) is 0 Å². The molecule has 5 nitrogen and oxygen atoms in total. The van der Waals surface area contributed by atoms with Crippen molar-refractivity contribution in [3.8, 4) is 11.3 Å². The van der Waals surface area contributed by atoms with E-state index in [1.807, 2.05) is 18.2 Å². The number of aliphatic hydroxyl groups excluding tert-OH is 1. The fourth-order valence-electron chi connectivity index (χ4n) is 2.95. The molecule has 1 fully saturated rings. The van der Waals surface area contributed by atoms with Gasteiger partial charge in [-0.1, -0.05) is 35.0 Å². The lowest BCUT2D eigenvalue weighted by Gasteiger charge is -2.26. The first-order valence-electron chi connectivity index (χ1n) is 7.76. The number of amides is 1. The maximum Gasteiger partial charge on any atom is 0.257 e. The van der Waals surface area contributed by atoms with Crippen molar-refractivity contribution >= 4 is 17.5 Å². The highest BCUT2D eigenvalue weighted by atomic mass is 35.5. The quantitative estimate of drug-likeness (QED) is 0.902. The number of halogens is 1. The highest BCUT2D eigenvalue weighted by molar-refractivity contribution is 6.33. The van der Waals surface area contributed by atoms with Gasteiger partial charge in [-0.05, 0) is 38.7 Å². The molecule has 23 heavy (non-hydrogen) atoms. The van der Waals surface area contributed by atoms with Gasteiger partial charge < -0.3 is 14.9 Å². The molecule has 1 aliphatic carbocycles. The van der Waals surface area contributed by atoms with Gasteiger partial charge in [-0.3, -0.25) is 4.79 Å². The number of carbonyl (C=O) groups is 1. The minimum Gasteiger partial charge on any atom is -0.393 e. The third kappa shape index (κ3) is 3.41. The molecule has 0 atom stereocenters. The Hall–Kier alpha value is -1.85. The van der Waals surface area contributed by atoms with Crippen molar-refractivity contribution in [2.75, 3.05) is 0 Å². The van der Waals surface area contributed by atoms with Crippen LogP contribution in [0.3, 0.4) is 0 Å². The molecule has 2 aromatic rings. The van der Waals surface area contributed by atoms with E-state index < -0.39 is 0 Å². The molecule has 0 saturated heterocycles. The van der Waals surface area contributed by atoms with E-state index in [0.717, 1.165) is 12.8 Å².